The smallest absolute Gasteiger partial charge is 0.273 e. The van der Waals surface area contributed by atoms with Crippen LogP contribution in [0.15, 0.2) is 23.2 Å². The zero-order valence-electron chi connectivity index (χ0n) is 13.3. The lowest BCUT2D eigenvalue weighted by Crippen LogP contribution is -2.32. The molecular formula is C17H18Cl3NO3. The van der Waals surface area contributed by atoms with Gasteiger partial charge >= 0.3 is 0 Å². The molecule has 1 aliphatic rings. The molecule has 1 aromatic carbocycles. The van der Waals surface area contributed by atoms with E-state index < -0.39 is 11.8 Å². The molecular weight excluding hydrogens is 373 g/mol. The SMILES string of the molecule is CCCCOCCCN1C(=O)C(Cl)=C(c2ccc(Cl)cc2Cl)C1=O. The van der Waals surface area contributed by atoms with Crippen LogP contribution in [-0.4, -0.2) is 36.5 Å². The summed E-state index contributed by atoms with van der Waals surface area (Å²) >= 11 is 18.1. The van der Waals surface area contributed by atoms with Gasteiger partial charge in [-0.05, 0) is 25.0 Å². The zero-order chi connectivity index (χ0) is 17.7. The molecule has 0 spiro atoms. The molecule has 1 aromatic rings. The number of rotatable bonds is 8. The third-order valence-electron chi connectivity index (χ3n) is 3.62. The molecule has 0 unspecified atom stereocenters. The largest absolute Gasteiger partial charge is 0.381 e. The van der Waals surface area contributed by atoms with E-state index in [1.807, 2.05) is 0 Å². The average Bonchev–Trinajstić information content (AvgIpc) is 2.75. The van der Waals surface area contributed by atoms with E-state index in [0.717, 1.165) is 17.7 Å². The van der Waals surface area contributed by atoms with Crippen molar-refractivity contribution in [3.63, 3.8) is 0 Å². The van der Waals surface area contributed by atoms with Gasteiger partial charge in [0.05, 0.1) is 10.6 Å². The Kier molecular flexibility index (Phi) is 7.11. The number of benzene rings is 1. The molecule has 2 rings (SSSR count). The van der Waals surface area contributed by atoms with Crippen molar-refractivity contribution in [3.05, 3.63) is 38.8 Å². The van der Waals surface area contributed by atoms with E-state index in [1.165, 1.54) is 6.07 Å². The van der Waals surface area contributed by atoms with Crippen LogP contribution in [0.2, 0.25) is 10.0 Å². The molecule has 0 N–H and O–H groups in total. The maximum atomic E-state index is 12.6. The minimum Gasteiger partial charge on any atom is -0.381 e. The normalized spacial score (nSPS) is 14.9. The Labute approximate surface area is 156 Å². The Balaban J connectivity index is 2.04. The summed E-state index contributed by atoms with van der Waals surface area (Å²) in [6.07, 6.45) is 2.62. The van der Waals surface area contributed by atoms with Crippen molar-refractivity contribution >= 4 is 52.2 Å². The van der Waals surface area contributed by atoms with Crippen molar-refractivity contribution < 1.29 is 14.3 Å². The number of halogens is 3. The Morgan fingerprint density at radius 3 is 2.42 bits per heavy atom. The topological polar surface area (TPSA) is 46.6 Å². The first-order chi connectivity index (χ1) is 11.5. The van der Waals surface area contributed by atoms with Gasteiger partial charge in [0.25, 0.3) is 11.8 Å². The van der Waals surface area contributed by atoms with Crippen LogP contribution in [0, 0.1) is 0 Å². The van der Waals surface area contributed by atoms with Gasteiger partial charge in [0.15, 0.2) is 0 Å². The predicted molar refractivity (Wildman–Crippen MR) is 96.3 cm³/mol. The molecule has 0 saturated carbocycles. The van der Waals surface area contributed by atoms with Gasteiger partial charge in [-0.1, -0.05) is 54.2 Å². The third kappa shape index (κ3) is 4.31. The quantitative estimate of drug-likeness (QED) is 0.484. The van der Waals surface area contributed by atoms with Crippen LogP contribution in [0.25, 0.3) is 5.57 Å². The number of hydrogen-bond acceptors (Lipinski definition) is 3. The van der Waals surface area contributed by atoms with Crippen LogP contribution in [0.3, 0.4) is 0 Å². The van der Waals surface area contributed by atoms with Crippen molar-refractivity contribution in [2.75, 3.05) is 19.8 Å². The molecule has 0 aliphatic carbocycles. The van der Waals surface area contributed by atoms with Crippen LogP contribution in [0.5, 0.6) is 0 Å². The summed E-state index contributed by atoms with van der Waals surface area (Å²) in [7, 11) is 0. The van der Waals surface area contributed by atoms with E-state index in [0.29, 0.717) is 30.2 Å². The summed E-state index contributed by atoms with van der Waals surface area (Å²) in [4.78, 5) is 25.9. The molecule has 1 heterocycles. The fourth-order valence-electron chi connectivity index (χ4n) is 2.35. The van der Waals surface area contributed by atoms with Crippen LogP contribution >= 0.6 is 34.8 Å². The first-order valence-electron chi connectivity index (χ1n) is 7.76. The fraction of sp³-hybridized carbons (Fsp3) is 0.412. The van der Waals surface area contributed by atoms with E-state index in [9.17, 15) is 9.59 Å². The highest BCUT2D eigenvalue weighted by molar-refractivity contribution is 6.55. The second-order valence-corrected chi connectivity index (χ2v) is 6.62. The van der Waals surface area contributed by atoms with Gasteiger partial charge in [0, 0.05) is 30.3 Å². The Bertz CT molecular complexity index is 673. The van der Waals surface area contributed by atoms with Gasteiger partial charge < -0.3 is 4.74 Å². The second kappa shape index (κ2) is 8.86. The maximum Gasteiger partial charge on any atom is 0.273 e. The molecule has 1 aliphatic heterocycles. The van der Waals surface area contributed by atoms with Gasteiger partial charge in [-0.3, -0.25) is 14.5 Å². The number of unbranched alkanes of at least 4 members (excludes halogenated alkanes) is 1. The highest BCUT2D eigenvalue weighted by atomic mass is 35.5. The van der Waals surface area contributed by atoms with Crippen LogP contribution in [-0.2, 0) is 14.3 Å². The summed E-state index contributed by atoms with van der Waals surface area (Å²) in [6.45, 7) is 3.52. The summed E-state index contributed by atoms with van der Waals surface area (Å²) in [5, 5.41) is 0.607. The van der Waals surface area contributed by atoms with Crippen molar-refractivity contribution in [1.82, 2.24) is 4.90 Å². The number of amides is 2. The van der Waals surface area contributed by atoms with Crippen LogP contribution in [0.1, 0.15) is 31.7 Å². The van der Waals surface area contributed by atoms with Crippen LogP contribution in [0.4, 0.5) is 0 Å². The summed E-state index contributed by atoms with van der Waals surface area (Å²) < 4.78 is 5.44. The van der Waals surface area contributed by atoms with Crippen molar-refractivity contribution in [2.24, 2.45) is 0 Å². The number of carbonyl (C=O) groups excluding carboxylic acids is 2. The monoisotopic (exact) mass is 389 g/mol. The standard InChI is InChI=1S/C17H18Cl3NO3/c1-2-3-8-24-9-4-7-21-16(22)14(15(20)17(21)23)12-6-5-11(18)10-13(12)19/h5-6,10H,2-4,7-9H2,1H3. The third-order valence-corrected chi connectivity index (χ3v) is 4.52. The first kappa shape index (κ1) is 19.3. The van der Waals surface area contributed by atoms with Gasteiger partial charge in [-0.15, -0.1) is 0 Å². The molecule has 0 radical (unpaired) electrons. The van der Waals surface area contributed by atoms with Crippen LogP contribution < -0.4 is 0 Å². The van der Waals surface area contributed by atoms with Crippen molar-refractivity contribution in [1.29, 1.82) is 0 Å². The van der Waals surface area contributed by atoms with Gasteiger partial charge in [-0.2, -0.15) is 0 Å². The lowest BCUT2D eigenvalue weighted by Gasteiger charge is -2.15. The lowest BCUT2D eigenvalue weighted by atomic mass is 10.1. The minimum absolute atomic E-state index is 0.115. The summed E-state index contributed by atoms with van der Waals surface area (Å²) in [5.41, 5.74) is 0.529. The Morgan fingerprint density at radius 1 is 1.04 bits per heavy atom. The molecule has 24 heavy (non-hydrogen) atoms. The summed E-state index contributed by atoms with van der Waals surface area (Å²) in [5.74, 6) is -0.945. The molecule has 4 nitrogen and oxygen atoms in total. The number of imide groups is 1. The molecule has 2 amide bonds. The number of ether oxygens (including phenoxy) is 1. The van der Waals surface area contributed by atoms with E-state index in [4.69, 9.17) is 39.5 Å². The molecule has 130 valence electrons. The molecule has 0 atom stereocenters. The van der Waals surface area contributed by atoms with Gasteiger partial charge in [0.1, 0.15) is 5.03 Å². The zero-order valence-corrected chi connectivity index (χ0v) is 15.5. The highest BCUT2D eigenvalue weighted by Crippen LogP contribution is 2.36. The molecule has 0 saturated heterocycles. The van der Waals surface area contributed by atoms with E-state index in [1.54, 1.807) is 12.1 Å². The molecule has 7 heteroatoms. The van der Waals surface area contributed by atoms with Crippen molar-refractivity contribution in [2.45, 2.75) is 26.2 Å². The van der Waals surface area contributed by atoms with E-state index >= 15 is 0 Å². The van der Waals surface area contributed by atoms with E-state index in [-0.39, 0.29) is 22.2 Å². The first-order valence-corrected chi connectivity index (χ1v) is 8.90. The van der Waals surface area contributed by atoms with Gasteiger partial charge in [-0.25, -0.2) is 0 Å². The highest BCUT2D eigenvalue weighted by Gasteiger charge is 2.38. The molecule has 0 fully saturated rings. The second-order valence-electron chi connectivity index (χ2n) is 5.39. The number of nitrogens with zero attached hydrogens (tertiary/aromatic N) is 1. The Hall–Kier alpha value is -1.07. The lowest BCUT2D eigenvalue weighted by molar-refractivity contribution is -0.136. The predicted octanol–water partition coefficient (Wildman–Crippen LogP) is 4.52. The average molecular weight is 391 g/mol. The minimum atomic E-state index is -0.503. The van der Waals surface area contributed by atoms with Crippen molar-refractivity contribution in [3.8, 4) is 0 Å². The van der Waals surface area contributed by atoms with Gasteiger partial charge in [0.2, 0.25) is 0 Å². The number of carbonyl (C=O) groups is 2. The summed E-state index contributed by atoms with van der Waals surface area (Å²) in [6, 6.07) is 4.70. The Morgan fingerprint density at radius 2 is 1.75 bits per heavy atom. The van der Waals surface area contributed by atoms with E-state index in [2.05, 4.69) is 6.92 Å². The fourth-order valence-corrected chi connectivity index (χ4v) is 3.14. The molecule has 0 aromatic heterocycles. The molecule has 0 bridgehead atoms. The number of hydrogen-bond donors (Lipinski definition) is 0. The maximum absolute atomic E-state index is 12.6.